The number of aromatic carboxylic acids is 1. The summed E-state index contributed by atoms with van der Waals surface area (Å²) in [5, 5.41) is 19.9. The van der Waals surface area contributed by atoms with E-state index >= 15 is 0 Å². The molecule has 0 radical (unpaired) electrons. The van der Waals surface area contributed by atoms with E-state index in [0.717, 1.165) is 36.1 Å². The van der Waals surface area contributed by atoms with Gasteiger partial charge in [0.15, 0.2) is 5.69 Å². The van der Waals surface area contributed by atoms with Gasteiger partial charge in [0.2, 0.25) is 10.0 Å². The molecular weight excluding hydrogens is 438 g/mol. The summed E-state index contributed by atoms with van der Waals surface area (Å²) in [4.78, 5) is 11.9. The summed E-state index contributed by atoms with van der Waals surface area (Å²) in [5.74, 6) is -1.09. The zero-order valence-electron chi connectivity index (χ0n) is 16.5. The van der Waals surface area contributed by atoms with Crippen LogP contribution in [0, 0.1) is 0 Å². The predicted molar refractivity (Wildman–Crippen MR) is 119 cm³/mol. The maximum absolute atomic E-state index is 11.9. The number of rotatable bonds is 4. The molecule has 0 unspecified atom stereocenters. The fourth-order valence-corrected chi connectivity index (χ4v) is 4.43. The number of aromatic nitrogens is 2. The molecule has 1 heterocycles. The third-order valence-electron chi connectivity index (χ3n) is 5.23. The molecule has 9 heteroatoms. The third-order valence-corrected chi connectivity index (χ3v) is 6.42. The van der Waals surface area contributed by atoms with Gasteiger partial charge in [-0.05, 0) is 79.3 Å². The molecular formula is C22H20ClN3O4S. The van der Waals surface area contributed by atoms with E-state index in [-0.39, 0.29) is 10.6 Å². The highest BCUT2D eigenvalue weighted by molar-refractivity contribution is 7.89. The highest BCUT2D eigenvalue weighted by Crippen LogP contribution is 2.35. The van der Waals surface area contributed by atoms with Crippen molar-refractivity contribution in [1.29, 1.82) is 0 Å². The molecule has 0 saturated heterocycles. The lowest BCUT2D eigenvalue weighted by Crippen LogP contribution is -2.12. The Hall–Kier alpha value is -2.94. The number of hydrogen-bond acceptors (Lipinski definition) is 4. The SMILES string of the molecule is NS(=O)(=O)c1ccc(-n2nc(C(=O)O)c3c2C(=Cc2ccc(Cl)cc2)CCCC3)cc1. The number of primary sulfonamides is 1. The fourth-order valence-electron chi connectivity index (χ4n) is 3.79. The van der Waals surface area contributed by atoms with Crippen LogP contribution in [-0.4, -0.2) is 29.3 Å². The van der Waals surface area contributed by atoms with Crippen LogP contribution in [-0.2, 0) is 16.4 Å². The summed E-state index contributed by atoms with van der Waals surface area (Å²) in [5.41, 5.74) is 3.88. The van der Waals surface area contributed by atoms with E-state index < -0.39 is 16.0 Å². The van der Waals surface area contributed by atoms with Gasteiger partial charge in [0, 0.05) is 10.6 Å². The number of nitrogens with two attached hydrogens (primary N) is 1. The van der Waals surface area contributed by atoms with Crippen LogP contribution >= 0.6 is 11.6 Å². The first-order chi connectivity index (χ1) is 14.7. The zero-order chi connectivity index (χ0) is 22.2. The Labute approximate surface area is 184 Å². The summed E-state index contributed by atoms with van der Waals surface area (Å²) in [6.45, 7) is 0. The Morgan fingerprint density at radius 2 is 1.71 bits per heavy atom. The van der Waals surface area contributed by atoms with Crippen molar-refractivity contribution < 1.29 is 18.3 Å². The van der Waals surface area contributed by atoms with E-state index in [9.17, 15) is 18.3 Å². The van der Waals surface area contributed by atoms with Crippen LogP contribution in [0.4, 0.5) is 0 Å². The Morgan fingerprint density at radius 3 is 2.32 bits per heavy atom. The molecule has 0 saturated carbocycles. The number of sulfonamides is 1. The number of hydrogen-bond donors (Lipinski definition) is 2. The third kappa shape index (κ3) is 4.41. The summed E-state index contributed by atoms with van der Waals surface area (Å²) in [6.07, 6.45) is 5.14. The first-order valence-corrected chi connectivity index (χ1v) is 11.6. The van der Waals surface area contributed by atoms with Crippen molar-refractivity contribution in [2.75, 3.05) is 0 Å². The van der Waals surface area contributed by atoms with Gasteiger partial charge in [-0.15, -0.1) is 0 Å². The highest BCUT2D eigenvalue weighted by atomic mass is 35.5. The molecule has 1 aromatic heterocycles. The average molecular weight is 458 g/mol. The molecule has 2 aromatic carbocycles. The molecule has 1 aliphatic carbocycles. The standard InChI is InChI=1S/C22H20ClN3O4S/c23-16-7-5-14(6-8-16)13-15-3-1-2-4-19-20(22(27)28)25-26(21(15)19)17-9-11-18(12-10-17)31(24,29)30/h5-13H,1-4H2,(H,27,28)(H2,24,29,30). The number of allylic oxidation sites excluding steroid dienone is 1. The van der Waals surface area contributed by atoms with E-state index in [1.807, 2.05) is 18.2 Å². The second-order valence-electron chi connectivity index (χ2n) is 7.36. The lowest BCUT2D eigenvalue weighted by molar-refractivity contribution is 0.0688. The van der Waals surface area contributed by atoms with E-state index in [1.54, 1.807) is 28.9 Å². The van der Waals surface area contributed by atoms with Crippen molar-refractivity contribution in [2.45, 2.75) is 30.6 Å². The molecule has 0 amide bonds. The van der Waals surface area contributed by atoms with Gasteiger partial charge in [0.05, 0.1) is 16.3 Å². The Bertz CT molecular complexity index is 1280. The van der Waals surface area contributed by atoms with Crippen molar-refractivity contribution in [3.8, 4) is 5.69 Å². The number of carboxylic acid groups (broad SMARTS) is 1. The predicted octanol–water partition coefficient (Wildman–Crippen LogP) is 4.14. The van der Waals surface area contributed by atoms with Crippen molar-refractivity contribution in [1.82, 2.24) is 9.78 Å². The van der Waals surface area contributed by atoms with Crippen molar-refractivity contribution >= 4 is 39.2 Å². The molecule has 3 aromatic rings. The van der Waals surface area contributed by atoms with Crippen LogP contribution < -0.4 is 5.14 Å². The van der Waals surface area contributed by atoms with Gasteiger partial charge < -0.3 is 5.11 Å². The summed E-state index contributed by atoms with van der Waals surface area (Å²) in [6, 6.07) is 13.3. The van der Waals surface area contributed by atoms with Gasteiger partial charge in [-0.25, -0.2) is 23.0 Å². The Morgan fingerprint density at radius 1 is 1.06 bits per heavy atom. The van der Waals surface area contributed by atoms with Crippen LogP contribution in [0.1, 0.15) is 46.6 Å². The zero-order valence-corrected chi connectivity index (χ0v) is 18.0. The molecule has 1 aliphatic rings. The number of carbonyl (C=O) groups is 1. The first-order valence-electron chi connectivity index (χ1n) is 9.69. The average Bonchev–Trinajstić information content (AvgIpc) is 2.99. The highest BCUT2D eigenvalue weighted by Gasteiger charge is 2.27. The van der Waals surface area contributed by atoms with Crippen molar-refractivity contribution in [3.63, 3.8) is 0 Å². The van der Waals surface area contributed by atoms with E-state index in [4.69, 9.17) is 16.7 Å². The van der Waals surface area contributed by atoms with Gasteiger partial charge in [0.25, 0.3) is 0 Å². The van der Waals surface area contributed by atoms with E-state index in [1.165, 1.54) is 12.1 Å². The maximum Gasteiger partial charge on any atom is 0.356 e. The number of fused-ring (bicyclic) bond motifs is 1. The number of benzene rings is 2. The Kier molecular flexibility index (Phi) is 5.70. The molecule has 31 heavy (non-hydrogen) atoms. The maximum atomic E-state index is 11.9. The molecule has 7 nitrogen and oxygen atoms in total. The molecule has 0 fully saturated rings. The van der Waals surface area contributed by atoms with E-state index in [0.29, 0.717) is 22.7 Å². The lowest BCUT2D eigenvalue weighted by Gasteiger charge is -2.12. The topological polar surface area (TPSA) is 115 Å². The molecule has 160 valence electrons. The van der Waals surface area contributed by atoms with Crippen LogP contribution in [0.3, 0.4) is 0 Å². The summed E-state index contributed by atoms with van der Waals surface area (Å²) in [7, 11) is -3.83. The second kappa shape index (κ2) is 8.30. The molecule has 0 bridgehead atoms. The largest absolute Gasteiger partial charge is 0.476 e. The van der Waals surface area contributed by atoms with Gasteiger partial charge >= 0.3 is 5.97 Å². The van der Waals surface area contributed by atoms with Gasteiger partial charge in [-0.2, -0.15) is 5.10 Å². The fraction of sp³-hybridized carbons (Fsp3) is 0.182. The van der Waals surface area contributed by atoms with Crippen molar-refractivity contribution in [2.24, 2.45) is 5.14 Å². The second-order valence-corrected chi connectivity index (χ2v) is 9.36. The molecule has 4 rings (SSSR count). The van der Waals surface area contributed by atoms with Gasteiger partial charge in [-0.3, -0.25) is 0 Å². The van der Waals surface area contributed by atoms with Crippen LogP contribution in [0.15, 0.2) is 53.4 Å². The van der Waals surface area contributed by atoms with Crippen LogP contribution in [0.5, 0.6) is 0 Å². The number of carboxylic acids is 1. The van der Waals surface area contributed by atoms with Crippen LogP contribution in [0.2, 0.25) is 5.02 Å². The van der Waals surface area contributed by atoms with E-state index in [2.05, 4.69) is 5.10 Å². The van der Waals surface area contributed by atoms with Gasteiger partial charge in [0.1, 0.15) is 0 Å². The van der Waals surface area contributed by atoms with Crippen molar-refractivity contribution in [3.05, 3.63) is 76.1 Å². The minimum Gasteiger partial charge on any atom is -0.476 e. The molecule has 3 N–H and O–H groups in total. The molecule has 0 aliphatic heterocycles. The van der Waals surface area contributed by atoms with Crippen LogP contribution in [0.25, 0.3) is 17.3 Å². The number of nitrogens with zero attached hydrogens (tertiary/aromatic N) is 2. The minimum atomic E-state index is -3.83. The quantitative estimate of drug-likeness (QED) is 0.571. The summed E-state index contributed by atoms with van der Waals surface area (Å²) < 4.78 is 24.8. The normalized spacial score (nSPS) is 15.5. The molecule has 0 atom stereocenters. The number of halogens is 1. The monoisotopic (exact) mass is 457 g/mol. The minimum absolute atomic E-state index is 0.00873. The summed E-state index contributed by atoms with van der Waals surface area (Å²) >= 11 is 6.00. The lowest BCUT2D eigenvalue weighted by atomic mass is 10.0. The first kappa shape index (κ1) is 21.3. The Balaban J connectivity index is 1.91. The van der Waals surface area contributed by atoms with Gasteiger partial charge in [-0.1, -0.05) is 23.7 Å². The molecule has 0 spiro atoms. The smallest absolute Gasteiger partial charge is 0.356 e.